The molecule has 0 bridgehead atoms. The fraction of sp³-hybridized carbons (Fsp3) is 0.722. The number of carboxylic acid groups (broad SMARTS) is 1. The van der Waals surface area contributed by atoms with Gasteiger partial charge in [0.05, 0.1) is 12.3 Å². The maximum absolute atomic E-state index is 11.9. The molecule has 1 fully saturated rings. The third-order valence-corrected chi connectivity index (χ3v) is 5.05. The molecule has 0 unspecified atom stereocenters. The standard InChI is InChI=1S/C18H27NO6/c1-10(2)16(22)24-12(4)25-17(23)19-9-18(8-15(20)21)7-13-5-11(3)6-14(13)18/h6,10,12-14H,5,7-9H2,1-4H3,(H,19,23)(H,20,21)/t12-,13+,14+,18+/m0/s1. The van der Waals surface area contributed by atoms with E-state index in [0.717, 1.165) is 12.8 Å². The van der Waals surface area contributed by atoms with Gasteiger partial charge >= 0.3 is 18.0 Å². The minimum atomic E-state index is -0.993. The van der Waals surface area contributed by atoms with E-state index in [1.165, 1.54) is 12.5 Å². The Labute approximate surface area is 147 Å². The van der Waals surface area contributed by atoms with Crippen LogP contribution in [0.15, 0.2) is 11.6 Å². The third kappa shape index (κ3) is 4.52. The van der Waals surface area contributed by atoms with Crippen LogP contribution in [0.25, 0.3) is 0 Å². The molecule has 4 atom stereocenters. The summed E-state index contributed by atoms with van der Waals surface area (Å²) in [6, 6.07) is 0. The molecular weight excluding hydrogens is 326 g/mol. The first kappa shape index (κ1) is 19.3. The van der Waals surface area contributed by atoms with E-state index >= 15 is 0 Å². The van der Waals surface area contributed by atoms with Gasteiger partial charge in [-0.15, -0.1) is 0 Å². The topological polar surface area (TPSA) is 102 Å². The van der Waals surface area contributed by atoms with Crippen LogP contribution in [0.5, 0.6) is 0 Å². The number of ether oxygens (including phenoxy) is 2. The maximum Gasteiger partial charge on any atom is 0.410 e. The zero-order chi connectivity index (χ0) is 18.8. The van der Waals surface area contributed by atoms with Gasteiger partial charge in [-0.25, -0.2) is 4.79 Å². The molecular formula is C18H27NO6. The Kier molecular flexibility index (Phi) is 5.75. The molecule has 0 aromatic rings. The number of nitrogens with one attached hydrogen (secondary N) is 1. The van der Waals surface area contributed by atoms with E-state index in [9.17, 15) is 19.5 Å². The normalized spacial score (nSPS) is 28.4. The fourth-order valence-corrected chi connectivity index (χ4v) is 3.93. The van der Waals surface area contributed by atoms with Crippen molar-refractivity contribution in [3.63, 3.8) is 0 Å². The van der Waals surface area contributed by atoms with Gasteiger partial charge in [-0.1, -0.05) is 25.5 Å². The molecule has 2 aliphatic rings. The second-order valence-corrected chi connectivity index (χ2v) is 7.56. The van der Waals surface area contributed by atoms with Crippen molar-refractivity contribution in [1.29, 1.82) is 0 Å². The number of hydrogen-bond donors (Lipinski definition) is 2. The summed E-state index contributed by atoms with van der Waals surface area (Å²) in [6.45, 7) is 7.13. The lowest BCUT2D eigenvalue weighted by Gasteiger charge is -2.51. The van der Waals surface area contributed by atoms with Gasteiger partial charge < -0.3 is 19.9 Å². The van der Waals surface area contributed by atoms with E-state index in [1.807, 2.05) is 0 Å². The number of carboxylic acids is 1. The first-order valence-corrected chi connectivity index (χ1v) is 8.67. The number of aliphatic carboxylic acids is 1. The Morgan fingerprint density at radius 3 is 2.56 bits per heavy atom. The van der Waals surface area contributed by atoms with Gasteiger partial charge in [0.1, 0.15) is 0 Å². The summed E-state index contributed by atoms with van der Waals surface area (Å²) in [5.74, 6) is -0.970. The quantitative estimate of drug-likeness (QED) is 0.414. The number of carbonyl (C=O) groups is 3. The lowest BCUT2D eigenvalue weighted by atomic mass is 9.53. The predicted molar refractivity (Wildman–Crippen MR) is 89.5 cm³/mol. The van der Waals surface area contributed by atoms with E-state index in [4.69, 9.17) is 9.47 Å². The summed E-state index contributed by atoms with van der Waals surface area (Å²) in [7, 11) is 0. The molecule has 140 valence electrons. The summed E-state index contributed by atoms with van der Waals surface area (Å²) < 4.78 is 9.99. The molecule has 7 nitrogen and oxygen atoms in total. The van der Waals surface area contributed by atoms with Crippen LogP contribution in [0.3, 0.4) is 0 Å². The fourth-order valence-electron chi connectivity index (χ4n) is 3.93. The van der Waals surface area contributed by atoms with Gasteiger partial charge in [-0.2, -0.15) is 0 Å². The molecule has 0 radical (unpaired) electrons. The summed E-state index contributed by atoms with van der Waals surface area (Å²) in [6.07, 6.45) is 2.21. The van der Waals surface area contributed by atoms with Crippen LogP contribution in [-0.4, -0.2) is 36.0 Å². The first-order valence-electron chi connectivity index (χ1n) is 8.67. The molecule has 1 amide bonds. The van der Waals surface area contributed by atoms with Gasteiger partial charge in [0, 0.05) is 18.9 Å². The molecule has 2 N–H and O–H groups in total. The second kappa shape index (κ2) is 7.45. The van der Waals surface area contributed by atoms with Gasteiger partial charge in [0.2, 0.25) is 6.29 Å². The number of rotatable bonds is 7. The molecule has 0 aliphatic heterocycles. The van der Waals surface area contributed by atoms with Gasteiger partial charge in [-0.05, 0) is 31.6 Å². The Balaban J connectivity index is 1.88. The van der Waals surface area contributed by atoms with Crippen LogP contribution in [-0.2, 0) is 19.1 Å². The number of fused-ring (bicyclic) bond motifs is 1. The Bertz CT molecular complexity index is 584. The average Bonchev–Trinajstić information content (AvgIpc) is 2.79. The number of allylic oxidation sites excluding steroid dienone is 2. The number of carbonyl (C=O) groups excluding carboxylic acids is 2. The summed E-state index contributed by atoms with van der Waals surface area (Å²) in [4.78, 5) is 34.7. The molecule has 25 heavy (non-hydrogen) atoms. The Morgan fingerprint density at radius 2 is 2.00 bits per heavy atom. The zero-order valence-corrected chi connectivity index (χ0v) is 15.2. The summed E-state index contributed by atoms with van der Waals surface area (Å²) >= 11 is 0. The van der Waals surface area contributed by atoms with E-state index in [1.54, 1.807) is 13.8 Å². The predicted octanol–water partition coefficient (Wildman–Crippen LogP) is 2.71. The van der Waals surface area contributed by atoms with E-state index < -0.39 is 29.7 Å². The molecule has 0 aromatic carbocycles. The molecule has 0 heterocycles. The number of amides is 1. The molecule has 0 aromatic heterocycles. The van der Waals surface area contributed by atoms with Gasteiger partial charge in [0.25, 0.3) is 0 Å². The molecule has 0 spiro atoms. The lowest BCUT2D eigenvalue weighted by Crippen LogP contribution is -2.53. The minimum Gasteiger partial charge on any atom is -0.481 e. The van der Waals surface area contributed by atoms with Gasteiger partial charge in [-0.3, -0.25) is 9.59 Å². The minimum absolute atomic E-state index is 0.0100. The lowest BCUT2D eigenvalue weighted by molar-refractivity contribution is -0.169. The molecule has 0 saturated heterocycles. The van der Waals surface area contributed by atoms with Crippen molar-refractivity contribution < 1.29 is 29.0 Å². The van der Waals surface area contributed by atoms with Crippen LogP contribution in [0.2, 0.25) is 0 Å². The third-order valence-electron chi connectivity index (χ3n) is 5.05. The Hall–Kier alpha value is -2.05. The van der Waals surface area contributed by atoms with Crippen molar-refractivity contribution in [3.8, 4) is 0 Å². The Morgan fingerprint density at radius 1 is 1.32 bits per heavy atom. The highest BCUT2D eigenvalue weighted by Crippen LogP contribution is 2.59. The van der Waals surface area contributed by atoms with Crippen molar-refractivity contribution in [3.05, 3.63) is 11.6 Å². The monoisotopic (exact) mass is 353 g/mol. The molecule has 2 rings (SSSR count). The van der Waals surface area contributed by atoms with Crippen LogP contribution in [0.4, 0.5) is 4.79 Å². The number of alkyl carbamates (subject to hydrolysis) is 1. The van der Waals surface area contributed by atoms with Gasteiger partial charge in [0.15, 0.2) is 0 Å². The molecule has 7 heteroatoms. The van der Waals surface area contributed by atoms with Crippen LogP contribution >= 0.6 is 0 Å². The van der Waals surface area contributed by atoms with Crippen LogP contribution in [0.1, 0.15) is 47.0 Å². The molecule has 2 aliphatic carbocycles. The van der Waals surface area contributed by atoms with E-state index in [-0.39, 0.29) is 24.8 Å². The van der Waals surface area contributed by atoms with Crippen molar-refractivity contribution in [2.75, 3.05) is 6.54 Å². The van der Waals surface area contributed by atoms with Crippen molar-refractivity contribution in [1.82, 2.24) is 5.32 Å². The largest absolute Gasteiger partial charge is 0.481 e. The average molecular weight is 353 g/mol. The zero-order valence-electron chi connectivity index (χ0n) is 15.2. The number of hydrogen-bond acceptors (Lipinski definition) is 5. The van der Waals surface area contributed by atoms with Crippen LogP contribution in [0, 0.1) is 23.2 Å². The summed E-state index contributed by atoms with van der Waals surface area (Å²) in [5.41, 5.74) is 0.810. The van der Waals surface area contributed by atoms with Crippen molar-refractivity contribution in [2.45, 2.75) is 53.2 Å². The van der Waals surface area contributed by atoms with Crippen molar-refractivity contribution >= 4 is 18.0 Å². The highest BCUT2D eigenvalue weighted by molar-refractivity contribution is 5.72. The van der Waals surface area contributed by atoms with Crippen LogP contribution < -0.4 is 5.32 Å². The number of esters is 1. The van der Waals surface area contributed by atoms with Crippen molar-refractivity contribution in [2.24, 2.45) is 23.2 Å². The summed E-state index contributed by atoms with van der Waals surface area (Å²) in [5, 5.41) is 11.9. The highest BCUT2D eigenvalue weighted by atomic mass is 16.7. The smallest absolute Gasteiger partial charge is 0.410 e. The highest BCUT2D eigenvalue weighted by Gasteiger charge is 2.55. The SMILES string of the molecule is CC1=C[C@@H]2[C@H](C1)C[C@]2(CNC(=O)O[C@@H](C)OC(=O)C(C)C)CC(=O)O. The van der Waals surface area contributed by atoms with E-state index in [2.05, 4.69) is 18.3 Å². The first-order chi connectivity index (χ1) is 11.6. The van der Waals surface area contributed by atoms with E-state index in [0.29, 0.717) is 5.92 Å². The molecule has 1 saturated carbocycles. The second-order valence-electron chi connectivity index (χ2n) is 7.56. The maximum atomic E-state index is 11.9.